The number of ether oxygens (including phenoxy) is 1. The number of benzene rings is 2. The van der Waals surface area contributed by atoms with Crippen molar-refractivity contribution in [3.63, 3.8) is 0 Å². The van der Waals surface area contributed by atoms with E-state index < -0.39 is 21.8 Å². The molecule has 0 aromatic heterocycles. The second kappa shape index (κ2) is 8.10. The molecule has 0 spiro atoms. The molecular formula is C20H25NO5S. The summed E-state index contributed by atoms with van der Waals surface area (Å²) >= 11 is 0. The maximum absolute atomic E-state index is 12.2. The number of hydrogen-bond donors (Lipinski definition) is 2. The third-order valence-electron chi connectivity index (χ3n) is 3.92. The zero-order chi connectivity index (χ0) is 20.2. The van der Waals surface area contributed by atoms with Crippen LogP contribution in [0.3, 0.4) is 0 Å². The van der Waals surface area contributed by atoms with Crippen molar-refractivity contribution in [2.45, 2.75) is 51.0 Å². The second-order valence-electron chi connectivity index (χ2n) is 7.32. The summed E-state index contributed by atoms with van der Waals surface area (Å²) in [5.74, 6) is 0. The van der Waals surface area contributed by atoms with Gasteiger partial charge in [0.05, 0.1) is 5.69 Å². The first-order valence-electron chi connectivity index (χ1n) is 8.61. The molecule has 146 valence electrons. The van der Waals surface area contributed by atoms with Crippen LogP contribution in [0.1, 0.15) is 37.5 Å². The number of aryl methyl sites for hydroxylation is 2. The van der Waals surface area contributed by atoms with Crippen molar-refractivity contribution in [3.05, 3.63) is 59.2 Å². The van der Waals surface area contributed by atoms with Crippen molar-refractivity contribution in [2.75, 3.05) is 5.32 Å². The van der Waals surface area contributed by atoms with E-state index >= 15 is 0 Å². The molecule has 0 atom stereocenters. The van der Waals surface area contributed by atoms with E-state index in [-0.39, 0.29) is 10.6 Å². The first-order chi connectivity index (χ1) is 12.5. The summed E-state index contributed by atoms with van der Waals surface area (Å²) in [6.45, 7) is 6.96. The zero-order valence-corrected chi connectivity index (χ0v) is 16.8. The molecule has 0 saturated carbocycles. The van der Waals surface area contributed by atoms with Crippen molar-refractivity contribution in [1.29, 1.82) is 0 Å². The lowest BCUT2D eigenvalue weighted by atomic mass is 9.98. The number of anilines is 1. The molecule has 0 unspecified atom stereocenters. The molecule has 2 aromatic rings. The minimum absolute atomic E-state index is 0.0580. The molecule has 2 rings (SSSR count). The summed E-state index contributed by atoms with van der Waals surface area (Å²) in [6, 6.07) is 12.6. The Labute approximate surface area is 160 Å². The molecule has 0 aliphatic rings. The molecule has 27 heavy (non-hydrogen) atoms. The van der Waals surface area contributed by atoms with Crippen LogP contribution < -0.4 is 5.32 Å². The number of nitrogens with one attached hydrogen (secondary N) is 1. The number of amides is 1. The largest absolute Gasteiger partial charge is 0.444 e. The van der Waals surface area contributed by atoms with Crippen LogP contribution >= 0.6 is 0 Å². The van der Waals surface area contributed by atoms with Crippen LogP contribution in [0.4, 0.5) is 10.5 Å². The minimum atomic E-state index is -4.52. The molecule has 0 aliphatic heterocycles. The van der Waals surface area contributed by atoms with E-state index in [2.05, 4.69) is 5.32 Å². The average molecular weight is 391 g/mol. The Morgan fingerprint density at radius 3 is 2.26 bits per heavy atom. The third kappa shape index (κ3) is 6.08. The third-order valence-corrected chi connectivity index (χ3v) is 4.82. The Balaban J connectivity index is 2.42. The molecule has 2 N–H and O–H groups in total. The zero-order valence-electron chi connectivity index (χ0n) is 15.9. The molecule has 0 saturated heterocycles. The topological polar surface area (TPSA) is 92.7 Å². The summed E-state index contributed by atoms with van der Waals surface area (Å²) in [7, 11) is -4.52. The van der Waals surface area contributed by atoms with Gasteiger partial charge in [-0.3, -0.25) is 9.87 Å². The average Bonchev–Trinajstić information content (AvgIpc) is 2.52. The molecule has 6 nitrogen and oxygen atoms in total. The van der Waals surface area contributed by atoms with Gasteiger partial charge in [0, 0.05) is 0 Å². The van der Waals surface area contributed by atoms with Gasteiger partial charge in [-0.15, -0.1) is 0 Å². The molecule has 0 bridgehead atoms. The van der Waals surface area contributed by atoms with Crippen LogP contribution in [0.25, 0.3) is 0 Å². The lowest BCUT2D eigenvalue weighted by molar-refractivity contribution is 0.0635. The minimum Gasteiger partial charge on any atom is -0.444 e. The maximum atomic E-state index is 12.2. The lowest BCUT2D eigenvalue weighted by Gasteiger charge is -2.22. The first-order valence-corrected chi connectivity index (χ1v) is 10.1. The summed E-state index contributed by atoms with van der Waals surface area (Å²) in [4.78, 5) is 11.9. The summed E-state index contributed by atoms with van der Waals surface area (Å²) in [5, 5.41) is 2.52. The lowest BCUT2D eigenvalue weighted by Crippen LogP contribution is -2.28. The van der Waals surface area contributed by atoms with Crippen molar-refractivity contribution >= 4 is 21.9 Å². The van der Waals surface area contributed by atoms with Crippen LogP contribution in [0, 0.1) is 6.92 Å². The highest BCUT2D eigenvalue weighted by molar-refractivity contribution is 7.86. The summed E-state index contributed by atoms with van der Waals surface area (Å²) in [6.07, 6.45) is 0.364. The standard InChI is InChI=1S/C20H25NO5S/c1-14-10-13-17(27(23,24)25)18(21-19(22)26-20(2,3)4)16(14)12-11-15-8-6-5-7-9-15/h5-10,13H,11-12H2,1-4H3,(H,21,22)(H,23,24,25). The van der Waals surface area contributed by atoms with Gasteiger partial charge in [-0.05, 0) is 63.3 Å². The smallest absolute Gasteiger partial charge is 0.412 e. The van der Waals surface area contributed by atoms with E-state index in [4.69, 9.17) is 4.74 Å². The quantitative estimate of drug-likeness (QED) is 0.738. The van der Waals surface area contributed by atoms with Crippen molar-refractivity contribution < 1.29 is 22.5 Å². The van der Waals surface area contributed by atoms with Gasteiger partial charge in [0.1, 0.15) is 10.5 Å². The summed E-state index contributed by atoms with van der Waals surface area (Å²) in [5.41, 5.74) is 1.85. The fourth-order valence-corrected chi connectivity index (χ4v) is 3.40. The number of carbonyl (C=O) groups is 1. The van der Waals surface area contributed by atoms with E-state index in [1.807, 2.05) is 37.3 Å². The highest BCUT2D eigenvalue weighted by Crippen LogP contribution is 2.30. The highest BCUT2D eigenvalue weighted by atomic mass is 32.2. The predicted molar refractivity (Wildman–Crippen MR) is 105 cm³/mol. The van der Waals surface area contributed by atoms with Gasteiger partial charge in [0.25, 0.3) is 10.1 Å². The van der Waals surface area contributed by atoms with Gasteiger partial charge in [-0.25, -0.2) is 4.79 Å². The monoisotopic (exact) mass is 391 g/mol. The Hall–Kier alpha value is -2.38. The van der Waals surface area contributed by atoms with E-state index in [0.717, 1.165) is 11.1 Å². The maximum Gasteiger partial charge on any atom is 0.412 e. The molecule has 7 heteroatoms. The fraction of sp³-hybridized carbons (Fsp3) is 0.350. The van der Waals surface area contributed by atoms with Crippen molar-refractivity contribution in [1.82, 2.24) is 0 Å². The van der Waals surface area contributed by atoms with Crippen LogP contribution in [0.15, 0.2) is 47.4 Å². The SMILES string of the molecule is Cc1ccc(S(=O)(=O)O)c(NC(=O)OC(C)(C)C)c1CCc1ccccc1. The van der Waals surface area contributed by atoms with Crippen LogP contribution in [-0.4, -0.2) is 24.7 Å². The van der Waals surface area contributed by atoms with Gasteiger partial charge in [0.2, 0.25) is 0 Å². The first kappa shape index (κ1) is 20.9. The van der Waals surface area contributed by atoms with Crippen LogP contribution in [0.2, 0.25) is 0 Å². The van der Waals surface area contributed by atoms with E-state index in [0.29, 0.717) is 18.4 Å². The molecule has 0 aliphatic carbocycles. The second-order valence-corrected chi connectivity index (χ2v) is 8.71. The fourth-order valence-electron chi connectivity index (χ4n) is 2.72. The van der Waals surface area contributed by atoms with Gasteiger partial charge in [-0.2, -0.15) is 8.42 Å². The van der Waals surface area contributed by atoms with Gasteiger partial charge in [0.15, 0.2) is 0 Å². The van der Waals surface area contributed by atoms with Crippen LogP contribution in [0.5, 0.6) is 0 Å². The van der Waals surface area contributed by atoms with E-state index in [1.54, 1.807) is 26.8 Å². The Morgan fingerprint density at radius 1 is 1.07 bits per heavy atom. The predicted octanol–water partition coefficient (Wildman–Crippen LogP) is 4.37. The molecule has 1 amide bonds. The molecule has 0 radical (unpaired) electrons. The Kier molecular flexibility index (Phi) is 6.28. The molecule has 0 fully saturated rings. The number of hydrogen-bond acceptors (Lipinski definition) is 4. The van der Waals surface area contributed by atoms with E-state index in [9.17, 15) is 17.8 Å². The summed E-state index contributed by atoms with van der Waals surface area (Å²) < 4.78 is 38.5. The van der Waals surface area contributed by atoms with Crippen LogP contribution in [-0.2, 0) is 27.7 Å². The Morgan fingerprint density at radius 2 is 1.70 bits per heavy atom. The van der Waals surface area contributed by atoms with Gasteiger partial charge in [-0.1, -0.05) is 36.4 Å². The van der Waals surface area contributed by atoms with Crippen molar-refractivity contribution in [3.8, 4) is 0 Å². The Bertz CT molecular complexity index is 915. The van der Waals surface area contributed by atoms with Gasteiger partial charge >= 0.3 is 6.09 Å². The normalized spacial score (nSPS) is 11.9. The number of rotatable bonds is 5. The molecule has 0 heterocycles. The molecular weight excluding hydrogens is 366 g/mol. The molecule has 2 aromatic carbocycles. The van der Waals surface area contributed by atoms with Gasteiger partial charge < -0.3 is 4.74 Å². The highest BCUT2D eigenvalue weighted by Gasteiger charge is 2.24. The van der Waals surface area contributed by atoms with E-state index in [1.165, 1.54) is 6.07 Å². The number of carbonyl (C=O) groups excluding carboxylic acids is 1. The van der Waals surface area contributed by atoms with Crippen molar-refractivity contribution in [2.24, 2.45) is 0 Å².